The van der Waals surface area contributed by atoms with Crippen LogP contribution in [0.1, 0.15) is 11.1 Å². The topological polar surface area (TPSA) is 457 Å². The van der Waals surface area contributed by atoms with Gasteiger partial charge in [-0.2, -0.15) is 29.5 Å². The molecule has 1 fully saturated rings. The summed E-state index contributed by atoms with van der Waals surface area (Å²) in [6, 6.07) is 47.3. The number of morpholine rings is 1. The average molecular weight is 1980 g/mol. The first-order valence-corrected chi connectivity index (χ1v) is 54.0. The first-order chi connectivity index (χ1) is 60.2. The van der Waals surface area contributed by atoms with E-state index in [4.69, 9.17) is 70.5 Å². The molecule has 13 aromatic rings. The Balaban J connectivity index is 0.000000154. The number of methoxy groups -OCH3 is 2. The second-order valence-corrected chi connectivity index (χ2v) is 48.4. The monoisotopic (exact) mass is 1980 g/mol. The maximum absolute atomic E-state index is 13.3. The fourth-order valence-corrected chi connectivity index (χ4v) is 19.6. The number of benzene rings is 8. The van der Waals surface area contributed by atoms with Crippen molar-refractivity contribution in [3.05, 3.63) is 224 Å². The number of aromatic amines is 1. The van der Waals surface area contributed by atoms with Gasteiger partial charge in [0.1, 0.15) is 70.8 Å². The number of ether oxygens (including phenoxy) is 4. The zero-order chi connectivity index (χ0) is 91.3. The quantitative estimate of drug-likeness (QED) is 0.0225. The zero-order valence-electron chi connectivity index (χ0n) is 70.0. The number of tetrazole rings is 1. The molecule has 1 saturated heterocycles. The molecular formula is C82H87BrCl4N22O12P4S2. The lowest BCUT2D eigenvalue weighted by atomic mass is 10.1. The summed E-state index contributed by atoms with van der Waals surface area (Å²) in [5, 5.41) is 48.1. The van der Waals surface area contributed by atoms with E-state index in [1.165, 1.54) is 61.5 Å². The number of aryl methyl sites for hydroxylation is 1. The van der Waals surface area contributed by atoms with Gasteiger partial charge in [0.25, 0.3) is 0 Å². The van der Waals surface area contributed by atoms with Crippen molar-refractivity contribution < 1.29 is 54.0 Å². The number of aromatic nitrogens is 12. The van der Waals surface area contributed by atoms with Crippen LogP contribution in [0, 0.1) is 6.92 Å². The maximum atomic E-state index is 13.3. The molecule has 127 heavy (non-hydrogen) atoms. The highest BCUT2D eigenvalue weighted by atomic mass is 79.9. The van der Waals surface area contributed by atoms with E-state index in [1.54, 1.807) is 120 Å². The van der Waals surface area contributed by atoms with E-state index in [9.17, 15) is 35.1 Å². The highest BCUT2D eigenvalue weighted by molar-refractivity contribution is 9.10. The highest BCUT2D eigenvalue weighted by Gasteiger charge is 2.30. The number of nitrogens with zero attached hydrogens (tertiary/aromatic N) is 12. The molecule has 34 nitrogen and oxygen atoms in total. The molecule has 0 saturated carbocycles. The van der Waals surface area contributed by atoms with Crippen LogP contribution in [0.15, 0.2) is 203 Å². The number of anilines is 16. The molecule has 0 bridgehead atoms. The van der Waals surface area contributed by atoms with Gasteiger partial charge in [-0.05, 0) is 198 Å². The van der Waals surface area contributed by atoms with Gasteiger partial charge in [-0.3, -0.25) is 0 Å². The van der Waals surface area contributed by atoms with Gasteiger partial charge in [0.2, 0.25) is 49.7 Å². The van der Waals surface area contributed by atoms with Crippen molar-refractivity contribution in [2.45, 2.75) is 23.1 Å². The van der Waals surface area contributed by atoms with E-state index in [2.05, 4.69) is 119 Å². The average Bonchev–Trinajstić information content (AvgIpc) is 1.51. The van der Waals surface area contributed by atoms with Gasteiger partial charge in [0.15, 0.2) is 23.3 Å². The summed E-state index contributed by atoms with van der Waals surface area (Å²) in [6.07, 6.45) is 6.72. The Morgan fingerprint density at radius 2 is 0.906 bits per heavy atom. The number of H-pyrrole nitrogens is 1. The van der Waals surface area contributed by atoms with Crippen LogP contribution < -0.4 is 83.1 Å². The number of para-hydroxylation sites is 3. The molecule has 0 spiro atoms. The third-order valence-corrected chi connectivity index (χ3v) is 29.7. The van der Waals surface area contributed by atoms with Crippen LogP contribution in [0.3, 0.4) is 0 Å². The summed E-state index contributed by atoms with van der Waals surface area (Å²) in [5.41, 5.74) is 8.00. The number of hydrogen-bond acceptors (Lipinski definition) is 31. The molecule has 45 heteroatoms. The molecule has 7 heterocycles. The second kappa shape index (κ2) is 41.2. The van der Waals surface area contributed by atoms with Gasteiger partial charge in [-0.1, -0.05) is 98.7 Å². The van der Waals surface area contributed by atoms with E-state index >= 15 is 0 Å². The fraction of sp³-hybridized carbons (Fsp3) is 0.207. The second-order valence-electron chi connectivity index (χ2n) is 29.6. The van der Waals surface area contributed by atoms with E-state index in [0.717, 1.165) is 55.3 Å². The molecule has 2 aliphatic heterocycles. The van der Waals surface area contributed by atoms with Crippen molar-refractivity contribution in [2.75, 3.05) is 143 Å². The summed E-state index contributed by atoms with van der Waals surface area (Å²) in [5.74, 6) is 4.88. The predicted molar refractivity (Wildman–Crippen MR) is 511 cm³/mol. The summed E-state index contributed by atoms with van der Waals surface area (Å²) >= 11 is 28.7. The van der Waals surface area contributed by atoms with Crippen LogP contribution in [-0.4, -0.2) is 182 Å². The summed E-state index contributed by atoms with van der Waals surface area (Å²) in [7, 11) is -14.4. The number of rotatable bonds is 26. The van der Waals surface area contributed by atoms with Gasteiger partial charge >= 0.3 is 0 Å². The molecule has 0 unspecified atom stereocenters. The minimum atomic E-state index is -3.78. The van der Waals surface area contributed by atoms with Crippen LogP contribution >= 0.6 is 90.9 Å². The van der Waals surface area contributed by atoms with Crippen LogP contribution in [0.2, 0.25) is 20.1 Å². The molecule has 11 N–H and O–H groups in total. The number of fused-ring (bicyclic) bond motifs is 1. The van der Waals surface area contributed by atoms with E-state index in [0.29, 0.717) is 121 Å². The number of halogens is 5. The van der Waals surface area contributed by atoms with Gasteiger partial charge in [0, 0.05) is 67.7 Å². The summed E-state index contributed by atoms with van der Waals surface area (Å²) in [6.45, 7) is 17.5. The van der Waals surface area contributed by atoms with E-state index in [1.807, 2.05) is 85.8 Å². The Bertz CT molecular complexity index is 6670. The van der Waals surface area contributed by atoms with Gasteiger partial charge in [-0.25, -0.2) is 41.9 Å². The van der Waals surface area contributed by atoms with Crippen molar-refractivity contribution in [3.63, 3.8) is 0 Å². The van der Waals surface area contributed by atoms with Crippen LogP contribution in [-0.2, 0) is 49.5 Å². The maximum Gasteiger partial charge on any atom is 0.245 e. The van der Waals surface area contributed by atoms with Gasteiger partial charge in [-0.15, -0.1) is 10.2 Å². The van der Waals surface area contributed by atoms with Crippen molar-refractivity contribution in [3.8, 4) is 28.6 Å². The van der Waals surface area contributed by atoms with E-state index < -0.39 is 48.6 Å². The molecule has 0 radical (unpaired) electrons. The number of nitrogens with one attached hydrogen (secondary N) is 9. The molecule has 15 rings (SSSR count). The molecule has 2 aliphatic rings. The van der Waals surface area contributed by atoms with Crippen molar-refractivity contribution in [2.24, 2.45) is 5.14 Å². The van der Waals surface area contributed by atoms with Crippen LogP contribution in [0.4, 0.5) is 92.6 Å². The zero-order valence-corrected chi connectivity index (χ0v) is 79.8. The van der Waals surface area contributed by atoms with Gasteiger partial charge in [0.05, 0.1) is 97.8 Å². The molecule has 0 atom stereocenters. The number of primary sulfonamides is 1. The van der Waals surface area contributed by atoms with Crippen molar-refractivity contribution in [1.29, 1.82) is 0 Å². The van der Waals surface area contributed by atoms with Crippen LogP contribution in [0.25, 0.3) is 11.4 Å². The lowest BCUT2D eigenvalue weighted by molar-refractivity contribution is 0.0730. The summed E-state index contributed by atoms with van der Waals surface area (Å²) in [4.78, 5) is 34.9. The Hall–Kier alpha value is -10.7. The summed E-state index contributed by atoms with van der Waals surface area (Å²) < 4.78 is 124. The molecule has 5 aromatic heterocycles. The lowest BCUT2D eigenvalue weighted by Gasteiger charge is -2.27. The molecule has 0 aliphatic carbocycles. The normalized spacial score (nSPS) is 12.8. The minimum Gasteiger partial charge on any atom is -0.495 e. The Morgan fingerprint density at radius 3 is 1.35 bits per heavy atom. The largest absolute Gasteiger partial charge is 0.495 e. The Kier molecular flexibility index (Phi) is 30.9. The third kappa shape index (κ3) is 25.0. The van der Waals surface area contributed by atoms with Crippen molar-refractivity contribution in [1.82, 2.24) is 64.8 Å². The molecular weight excluding hydrogens is 1890 g/mol. The number of hydrogen-bond donors (Lipinski definition) is 10. The third-order valence-electron chi connectivity index (χ3n) is 18.9. The Labute approximate surface area is 762 Å². The van der Waals surface area contributed by atoms with Crippen molar-refractivity contribution >= 4 is 225 Å². The first-order valence-electron chi connectivity index (χ1n) is 38.3. The van der Waals surface area contributed by atoms with E-state index in [-0.39, 0.29) is 50.6 Å². The number of sulfonamides is 2. The molecule has 664 valence electrons. The molecule has 0 amide bonds. The minimum absolute atomic E-state index is 0.00608. The standard InChI is InChI=1S/C23H27ClN5O5PS.C20H19BrClN4O2P.C20H20ClN8OP.C19H21ClN5O4PS/c1-33-20-14-16(35(2,3)30)8-9-18(20)27-23-25-15-17(24)22(28-23)26-19-6-4-5-7-21(19)36(31,32)29-10-12-34-13-11-29;1-29(2,27)17-6-4-3-5-15(17)24-19-14(22)11-23-20(26-19)25-16-8-7-13(21)12-9-10-28-18(12)16;1-12-10-13(18-26-28-29-27-18)8-9-15(12)24-20-22-11-14(21)19(25-20)23-16-6-4-5-7-17(16)31(2,3)30;1-29-17-10-13(30(2,3)26)6-9-16(17)24-19-22-11-15(20)18(25-19)23-12-4-7-14(8-5-12)31(21,27)28/h4-9,14-15H,10-13H2,1-3H3,(H2,25,26,27,28);3-8,11H,9-10H2,1-2H3,(H2,23,24,25,26);4-11H,1-3H3,(H2,22,23,24,25)(H,26,27,28,29);4-11H,1-3H3,(H2,21,27,28)(H2,22,23,24,25). The molecule has 8 aromatic carbocycles. The lowest BCUT2D eigenvalue weighted by Crippen LogP contribution is -2.40. The number of nitrogens with two attached hydrogens (primary N) is 1. The van der Waals surface area contributed by atoms with Gasteiger partial charge < -0.3 is 79.7 Å². The van der Waals surface area contributed by atoms with Crippen LogP contribution in [0.5, 0.6) is 17.2 Å². The Morgan fingerprint density at radius 1 is 0.480 bits per heavy atom. The highest BCUT2D eigenvalue weighted by Crippen LogP contribution is 2.45. The predicted octanol–water partition coefficient (Wildman–Crippen LogP) is 17.3. The fourth-order valence-electron chi connectivity index (χ4n) is 12.4. The smallest absolute Gasteiger partial charge is 0.245 e. The first kappa shape index (κ1) is 95.4. The SMILES string of the molecule is COc1cc(P(C)(C)=O)ccc1Nc1ncc(Cl)c(Nc2ccc(S(N)(=O)=O)cc2)n1.COc1cc(P(C)(C)=O)ccc1Nc1ncc(Cl)c(Nc2ccccc2S(=O)(=O)N2CCOCC2)n1.CP(C)(=O)c1ccccc1Nc1nc(Nc2ccc(Br)c3c2OCC3)ncc1Cl.Cc1cc(-c2nn[nH]n2)ccc1Nc1ncc(Cl)c(Nc2ccccc2P(C)(C)=O)n1.